The quantitative estimate of drug-likeness (QED) is 0.684. The maximum atomic E-state index is 5.93. The molecule has 1 saturated heterocycles. The zero-order valence-electron chi connectivity index (χ0n) is 16.2. The van der Waals surface area contributed by atoms with Crippen molar-refractivity contribution in [2.45, 2.75) is 52.6 Å². The van der Waals surface area contributed by atoms with Gasteiger partial charge in [-0.1, -0.05) is 55.5 Å². The lowest BCUT2D eigenvalue weighted by Gasteiger charge is -2.10. The van der Waals surface area contributed by atoms with Crippen LogP contribution in [0.5, 0.6) is 0 Å². The molecule has 2 aromatic rings. The Morgan fingerprint density at radius 2 is 1.46 bits per heavy atom. The fourth-order valence-electron chi connectivity index (χ4n) is 2.64. The molecule has 1 aromatic heterocycles. The van der Waals surface area contributed by atoms with Crippen LogP contribution >= 0.6 is 0 Å². The molecule has 1 aliphatic rings. The van der Waals surface area contributed by atoms with Crippen LogP contribution in [0.15, 0.2) is 60.9 Å². The summed E-state index contributed by atoms with van der Waals surface area (Å²) < 4.78 is 11.8. The van der Waals surface area contributed by atoms with Gasteiger partial charge >= 0.3 is 0 Å². The van der Waals surface area contributed by atoms with Gasteiger partial charge in [-0.3, -0.25) is 0 Å². The lowest BCUT2D eigenvalue weighted by Crippen LogP contribution is -2.17. The van der Waals surface area contributed by atoms with E-state index in [1.165, 1.54) is 5.56 Å². The minimum Gasteiger partial charge on any atom is -0.343 e. The highest BCUT2D eigenvalue weighted by atomic mass is 16.7. The van der Waals surface area contributed by atoms with Crippen molar-refractivity contribution < 1.29 is 14.5 Å². The molecular weight excluding hydrogens is 322 g/mol. The van der Waals surface area contributed by atoms with E-state index >= 15 is 0 Å². The summed E-state index contributed by atoms with van der Waals surface area (Å²) in [7, 11) is 0. The van der Waals surface area contributed by atoms with E-state index in [1.54, 1.807) is 0 Å². The largest absolute Gasteiger partial charge is 0.343 e. The van der Waals surface area contributed by atoms with Gasteiger partial charge in [-0.05, 0) is 38.3 Å². The van der Waals surface area contributed by atoms with E-state index in [1.807, 2.05) is 50.5 Å². The highest BCUT2D eigenvalue weighted by molar-refractivity contribution is 5.69. The number of aromatic nitrogens is 1. The first-order valence-corrected chi connectivity index (χ1v) is 9.30. The molecule has 0 aliphatic carbocycles. The van der Waals surface area contributed by atoms with Crippen molar-refractivity contribution in [3.63, 3.8) is 0 Å². The Balaban J connectivity index is 0.000000552. The average molecular weight is 352 g/mol. The molecule has 3 heteroatoms. The smallest absolute Gasteiger partial charge is 0.184 e. The van der Waals surface area contributed by atoms with Gasteiger partial charge in [0.2, 0.25) is 0 Å². The van der Waals surface area contributed by atoms with Crippen molar-refractivity contribution in [3.8, 4) is 0 Å². The Hall–Kier alpha value is -2.23. The first-order chi connectivity index (χ1) is 12.7. The Kier molecular flexibility index (Phi) is 8.26. The van der Waals surface area contributed by atoms with E-state index in [9.17, 15) is 0 Å². The number of hydrogen-bond donors (Lipinski definition) is 0. The van der Waals surface area contributed by atoms with E-state index in [4.69, 9.17) is 9.47 Å². The van der Waals surface area contributed by atoms with Crippen molar-refractivity contribution in [1.82, 2.24) is 0 Å². The van der Waals surface area contributed by atoms with E-state index in [2.05, 4.69) is 55.2 Å². The molecule has 3 rings (SSSR count). The Labute approximate surface area is 157 Å². The first kappa shape index (κ1) is 20.1. The van der Waals surface area contributed by atoms with Crippen LogP contribution in [0.2, 0.25) is 0 Å². The second kappa shape index (κ2) is 10.7. The molecule has 0 amide bonds. The van der Waals surface area contributed by atoms with E-state index in [0.29, 0.717) is 0 Å². The number of rotatable bonds is 4. The Bertz CT molecular complexity index is 688. The van der Waals surface area contributed by atoms with Crippen LogP contribution in [0, 0.1) is 0 Å². The molecule has 3 atom stereocenters. The van der Waals surface area contributed by atoms with Gasteiger partial charge in [-0.25, -0.2) is 4.98 Å². The molecule has 0 bridgehead atoms. The van der Waals surface area contributed by atoms with Crippen LogP contribution < -0.4 is 4.98 Å². The third-order valence-electron chi connectivity index (χ3n) is 4.32. The predicted octanol–water partition coefficient (Wildman–Crippen LogP) is 5.47. The third kappa shape index (κ3) is 5.94. The second-order valence-corrected chi connectivity index (χ2v) is 6.26. The van der Waals surface area contributed by atoms with Gasteiger partial charge in [0.05, 0.1) is 12.2 Å². The number of aromatic amines is 1. The summed E-state index contributed by atoms with van der Waals surface area (Å²) in [6, 6.07) is 12.4. The monoisotopic (exact) mass is 352 g/mol. The van der Waals surface area contributed by atoms with Gasteiger partial charge in [0, 0.05) is 17.7 Å². The third-order valence-corrected chi connectivity index (χ3v) is 4.32. The minimum atomic E-state index is -0.234. The number of hydrogen-bond acceptors (Lipinski definition) is 2. The molecule has 1 fully saturated rings. The van der Waals surface area contributed by atoms with Gasteiger partial charge < -0.3 is 9.47 Å². The van der Waals surface area contributed by atoms with Crippen LogP contribution in [-0.4, -0.2) is 12.2 Å². The van der Waals surface area contributed by atoms with Crippen LogP contribution in [0.25, 0.3) is 12.2 Å². The number of nitrogens with one attached hydrogen (secondary N) is 1. The van der Waals surface area contributed by atoms with Gasteiger partial charge in [-0.2, -0.15) is 0 Å². The molecular formula is C23H30NO2+. The van der Waals surface area contributed by atoms with Crippen molar-refractivity contribution in [1.29, 1.82) is 0 Å². The number of pyridine rings is 1. The van der Waals surface area contributed by atoms with Gasteiger partial charge in [0.15, 0.2) is 18.7 Å². The van der Waals surface area contributed by atoms with E-state index < -0.39 is 0 Å². The molecule has 2 heterocycles. The van der Waals surface area contributed by atoms with Crippen molar-refractivity contribution in [3.05, 3.63) is 77.6 Å². The summed E-state index contributed by atoms with van der Waals surface area (Å²) in [6.07, 6.45) is 13.1. The lowest BCUT2D eigenvalue weighted by molar-refractivity contribution is -0.378. The molecule has 26 heavy (non-hydrogen) atoms. The molecule has 1 N–H and O–H groups in total. The number of benzene rings is 1. The maximum Gasteiger partial charge on any atom is 0.184 e. The fourth-order valence-corrected chi connectivity index (χ4v) is 2.64. The first-order valence-electron chi connectivity index (χ1n) is 9.30. The highest BCUT2D eigenvalue weighted by Gasteiger charge is 2.32. The molecule has 0 radical (unpaired) electrons. The van der Waals surface area contributed by atoms with Gasteiger partial charge in [-0.15, -0.1) is 0 Å². The second-order valence-electron chi connectivity index (χ2n) is 6.26. The molecule has 1 aliphatic heterocycles. The minimum absolute atomic E-state index is 0.157. The molecule has 0 saturated carbocycles. The van der Waals surface area contributed by atoms with Crippen molar-refractivity contribution in [2.24, 2.45) is 0 Å². The Morgan fingerprint density at radius 1 is 0.885 bits per heavy atom. The summed E-state index contributed by atoms with van der Waals surface area (Å²) in [5.74, 6) is 0. The van der Waals surface area contributed by atoms with Crippen LogP contribution in [0.3, 0.4) is 0 Å². The highest BCUT2D eigenvalue weighted by Crippen LogP contribution is 2.32. The van der Waals surface area contributed by atoms with E-state index in [0.717, 1.165) is 17.5 Å². The summed E-state index contributed by atoms with van der Waals surface area (Å²) in [5, 5.41) is 0. The summed E-state index contributed by atoms with van der Waals surface area (Å²) in [5.41, 5.74) is 3.41. The summed E-state index contributed by atoms with van der Waals surface area (Å²) >= 11 is 0. The fraction of sp³-hybridized carbons (Fsp3) is 0.348. The number of H-pyrrole nitrogens is 1. The predicted molar refractivity (Wildman–Crippen MR) is 107 cm³/mol. The standard InChI is InChI=1S/C19H21NO2.C4H8/c1-3-18-14(2)21-19(22-18)17-8-6-15(7-9-17)4-5-16-10-12-20-13-11-16;1-3-4-2/h4-14,18-19H,3H2,1-2H3;3-4H,1-2H3/p+1/b5-4+;4-3-. The van der Waals surface area contributed by atoms with Gasteiger partial charge in [0.1, 0.15) is 0 Å². The SMILES string of the molecule is C/C=C\C.CCC1OC(c2ccc(/C=C/c3cc[nH+]cc3)cc2)OC1C. The Morgan fingerprint density at radius 3 is 1.96 bits per heavy atom. The van der Waals surface area contributed by atoms with Crippen LogP contribution in [0.1, 0.15) is 57.1 Å². The molecule has 0 spiro atoms. The van der Waals surface area contributed by atoms with Crippen molar-refractivity contribution >= 4 is 12.2 Å². The maximum absolute atomic E-state index is 5.93. The lowest BCUT2D eigenvalue weighted by atomic mass is 10.1. The molecule has 138 valence electrons. The van der Waals surface area contributed by atoms with Gasteiger partial charge in [0.25, 0.3) is 0 Å². The molecule has 1 aromatic carbocycles. The molecule has 3 unspecified atom stereocenters. The number of allylic oxidation sites excluding steroid dienone is 2. The summed E-state index contributed by atoms with van der Waals surface area (Å²) in [6.45, 7) is 8.20. The topological polar surface area (TPSA) is 32.6 Å². The van der Waals surface area contributed by atoms with Crippen molar-refractivity contribution in [2.75, 3.05) is 0 Å². The average Bonchev–Trinajstić information content (AvgIpc) is 3.08. The number of ether oxygens (including phenoxy) is 2. The van der Waals surface area contributed by atoms with Crippen LogP contribution in [0.4, 0.5) is 0 Å². The molecule has 3 nitrogen and oxygen atoms in total. The van der Waals surface area contributed by atoms with Crippen LogP contribution in [-0.2, 0) is 9.47 Å². The normalized spacial score (nSPS) is 22.5. The zero-order chi connectivity index (χ0) is 18.8. The van der Waals surface area contributed by atoms with E-state index in [-0.39, 0.29) is 18.5 Å². The zero-order valence-corrected chi connectivity index (χ0v) is 16.2. The summed E-state index contributed by atoms with van der Waals surface area (Å²) in [4.78, 5) is 3.02.